The predicted octanol–water partition coefficient (Wildman–Crippen LogP) is 2.27. The fourth-order valence-electron chi connectivity index (χ4n) is 2.02. The summed E-state index contributed by atoms with van der Waals surface area (Å²) >= 11 is 0. The molecule has 0 saturated heterocycles. The Balaban J connectivity index is 2.49. The first-order valence-corrected chi connectivity index (χ1v) is 4.45. The Labute approximate surface area is 73.6 Å². The van der Waals surface area contributed by atoms with Gasteiger partial charge >= 0.3 is 0 Å². The summed E-state index contributed by atoms with van der Waals surface area (Å²) in [6.07, 6.45) is 1.12. The number of hydrogen-bond acceptors (Lipinski definition) is 1. The fourth-order valence-corrected chi connectivity index (χ4v) is 2.02. The van der Waals surface area contributed by atoms with Gasteiger partial charge in [-0.15, -0.1) is 0 Å². The summed E-state index contributed by atoms with van der Waals surface area (Å²) in [4.78, 5) is 0. The highest BCUT2D eigenvalue weighted by Crippen LogP contribution is 2.42. The van der Waals surface area contributed by atoms with Crippen LogP contribution in [-0.2, 0) is 6.42 Å². The highest BCUT2D eigenvalue weighted by Gasteiger charge is 2.35. The van der Waals surface area contributed by atoms with E-state index in [1.807, 2.05) is 0 Å². The highest BCUT2D eigenvalue weighted by atomic mass is 14.7. The largest absolute Gasteiger partial charge is 0.323 e. The molecule has 0 aromatic heterocycles. The zero-order valence-corrected chi connectivity index (χ0v) is 7.67. The smallest absolute Gasteiger partial charge is 0.0352 e. The van der Waals surface area contributed by atoms with E-state index in [9.17, 15) is 0 Å². The van der Waals surface area contributed by atoms with Crippen LogP contribution in [0.3, 0.4) is 0 Å². The molecule has 1 aromatic carbocycles. The first kappa shape index (κ1) is 7.81. The summed E-state index contributed by atoms with van der Waals surface area (Å²) in [5.41, 5.74) is 9.13. The maximum atomic E-state index is 6.12. The first-order valence-electron chi connectivity index (χ1n) is 4.45. The lowest BCUT2D eigenvalue weighted by molar-refractivity contribution is 0.319. The molecule has 1 nitrogen and oxygen atoms in total. The topological polar surface area (TPSA) is 26.0 Å². The van der Waals surface area contributed by atoms with Gasteiger partial charge < -0.3 is 5.73 Å². The normalized spacial score (nSPS) is 25.4. The number of fused-ring (bicyclic) bond motifs is 1. The van der Waals surface area contributed by atoms with E-state index in [-0.39, 0.29) is 11.5 Å². The molecule has 0 unspecified atom stereocenters. The molecule has 2 N–H and O–H groups in total. The Morgan fingerprint density at radius 1 is 1.33 bits per heavy atom. The van der Waals surface area contributed by atoms with Crippen molar-refractivity contribution in [2.45, 2.75) is 26.3 Å². The van der Waals surface area contributed by atoms with Gasteiger partial charge in [-0.3, -0.25) is 0 Å². The summed E-state index contributed by atoms with van der Waals surface area (Å²) in [7, 11) is 0. The molecule has 0 amide bonds. The van der Waals surface area contributed by atoms with E-state index in [2.05, 4.69) is 38.1 Å². The van der Waals surface area contributed by atoms with Crippen molar-refractivity contribution >= 4 is 0 Å². The lowest BCUT2D eigenvalue weighted by atomic mass is 9.86. The average molecular weight is 161 g/mol. The van der Waals surface area contributed by atoms with E-state index in [1.165, 1.54) is 11.1 Å². The van der Waals surface area contributed by atoms with Gasteiger partial charge in [0.05, 0.1) is 0 Å². The van der Waals surface area contributed by atoms with Crippen molar-refractivity contribution in [2.75, 3.05) is 0 Å². The van der Waals surface area contributed by atoms with E-state index < -0.39 is 0 Å². The molecule has 0 saturated carbocycles. The maximum absolute atomic E-state index is 6.12. The summed E-state index contributed by atoms with van der Waals surface area (Å²) in [5, 5.41) is 0. The molecule has 2 rings (SSSR count). The molecule has 0 heterocycles. The van der Waals surface area contributed by atoms with Crippen molar-refractivity contribution in [1.82, 2.24) is 0 Å². The average Bonchev–Trinajstić information content (AvgIpc) is 2.24. The van der Waals surface area contributed by atoms with Gasteiger partial charge in [-0.25, -0.2) is 0 Å². The van der Waals surface area contributed by atoms with Gasteiger partial charge in [0, 0.05) is 6.04 Å². The Morgan fingerprint density at radius 3 is 2.67 bits per heavy atom. The number of nitrogens with two attached hydrogens (primary N) is 1. The third-order valence-electron chi connectivity index (χ3n) is 2.88. The van der Waals surface area contributed by atoms with Crippen molar-refractivity contribution in [3.63, 3.8) is 0 Å². The minimum Gasteiger partial charge on any atom is -0.323 e. The first-order chi connectivity index (χ1) is 5.61. The van der Waals surface area contributed by atoms with Crippen LogP contribution in [0.2, 0.25) is 0 Å². The zero-order chi connectivity index (χ0) is 8.77. The van der Waals surface area contributed by atoms with Crippen LogP contribution in [0.1, 0.15) is 31.0 Å². The molecule has 0 radical (unpaired) electrons. The lowest BCUT2D eigenvalue weighted by Gasteiger charge is -2.23. The Morgan fingerprint density at radius 2 is 2.00 bits per heavy atom. The number of rotatable bonds is 0. The quantitative estimate of drug-likeness (QED) is 0.620. The van der Waals surface area contributed by atoms with Crippen LogP contribution in [0.5, 0.6) is 0 Å². The Bertz CT molecular complexity index is 302. The molecule has 12 heavy (non-hydrogen) atoms. The summed E-state index contributed by atoms with van der Waals surface area (Å²) in [6.45, 7) is 4.47. The van der Waals surface area contributed by atoms with Crippen molar-refractivity contribution in [3.8, 4) is 0 Å². The fraction of sp³-hybridized carbons (Fsp3) is 0.455. The molecule has 1 aliphatic carbocycles. The van der Waals surface area contributed by atoms with Gasteiger partial charge in [0.25, 0.3) is 0 Å². The molecule has 0 aliphatic heterocycles. The molecule has 1 aromatic rings. The van der Waals surface area contributed by atoms with Crippen LogP contribution < -0.4 is 5.73 Å². The van der Waals surface area contributed by atoms with E-state index in [4.69, 9.17) is 5.73 Å². The van der Waals surface area contributed by atoms with Gasteiger partial charge in [-0.1, -0.05) is 38.1 Å². The second kappa shape index (κ2) is 2.33. The van der Waals surface area contributed by atoms with Crippen molar-refractivity contribution < 1.29 is 0 Å². The SMILES string of the molecule is CC1(C)Cc2ccccc2[C@@H]1N. The third-order valence-corrected chi connectivity index (χ3v) is 2.88. The predicted molar refractivity (Wildman–Crippen MR) is 50.9 cm³/mol. The van der Waals surface area contributed by atoms with Crippen molar-refractivity contribution in [2.24, 2.45) is 11.1 Å². The summed E-state index contributed by atoms with van der Waals surface area (Å²) < 4.78 is 0. The van der Waals surface area contributed by atoms with Crippen LogP contribution in [0.15, 0.2) is 24.3 Å². The van der Waals surface area contributed by atoms with Crippen LogP contribution in [0, 0.1) is 5.41 Å². The summed E-state index contributed by atoms with van der Waals surface area (Å²) in [5.74, 6) is 0. The molecule has 1 heteroatoms. The molecule has 0 spiro atoms. The minimum atomic E-state index is 0.216. The van der Waals surface area contributed by atoms with Crippen LogP contribution in [0.4, 0.5) is 0 Å². The second-order valence-electron chi connectivity index (χ2n) is 4.34. The standard InChI is InChI=1S/C11H15N/c1-11(2)7-8-5-3-4-6-9(8)10(11)12/h3-6,10H,7,12H2,1-2H3/t10-/m0/s1. The number of hydrogen-bond donors (Lipinski definition) is 1. The third kappa shape index (κ3) is 0.969. The molecule has 0 bridgehead atoms. The minimum absolute atomic E-state index is 0.216. The van der Waals surface area contributed by atoms with Crippen LogP contribution >= 0.6 is 0 Å². The number of benzene rings is 1. The van der Waals surface area contributed by atoms with Gasteiger partial charge in [-0.2, -0.15) is 0 Å². The molecule has 1 aliphatic rings. The highest BCUT2D eigenvalue weighted by molar-refractivity contribution is 5.36. The second-order valence-corrected chi connectivity index (χ2v) is 4.34. The lowest BCUT2D eigenvalue weighted by Crippen LogP contribution is -2.24. The van der Waals surface area contributed by atoms with Crippen LogP contribution in [-0.4, -0.2) is 0 Å². The van der Waals surface area contributed by atoms with Crippen molar-refractivity contribution in [1.29, 1.82) is 0 Å². The summed E-state index contributed by atoms with van der Waals surface area (Å²) in [6, 6.07) is 8.71. The van der Waals surface area contributed by atoms with Crippen molar-refractivity contribution in [3.05, 3.63) is 35.4 Å². The molecule has 0 fully saturated rings. The van der Waals surface area contributed by atoms with E-state index in [0.717, 1.165) is 6.42 Å². The van der Waals surface area contributed by atoms with Gasteiger partial charge in [0.15, 0.2) is 0 Å². The van der Waals surface area contributed by atoms with E-state index >= 15 is 0 Å². The molecule has 1 atom stereocenters. The maximum Gasteiger partial charge on any atom is 0.0352 e. The van der Waals surface area contributed by atoms with Crippen LogP contribution in [0.25, 0.3) is 0 Å². The molecular weight excluding hydrogens is 146 g/mol. The van der Waals surface area contributed by atoms with E-state index in [0.29, 0.717) is 0 Å². The molecular formula is C11H15N. The van der Waals surface area contributed by atoms with Gasteiger partial charge in [0.2, 0.25) is 0 Å². The molecule has 64 valence electrons. The Hall–Kier alpha value is -0.820. The Kier molecular flexibility index (Phi) is 1.52. The zero-order valence-electron chi connectivity index (χ0n) is 7.67. The van der Waals surface area contributed by atoms with Gasteiger partial charge in [0.1, 0.15) is 0 Å². The van der Waals surface area contributed by atoms with E-state index in [1.54, 1.807) is 0 Å². The van der Waals surface area contributed by atoms with Gasteiger partial charge in [-0.05, 0) is 23.0 Å². The monoisotopic (exact) mass is 161 g/mol.